The van der Waals surface area contributed by atoms with Crippen LogP contribution in [0.25, 0.3) is 0 Å². The van der Waals surface area contributed by atoms with E-state index < -0.39 is 0 Å². The minimum absolute atomic E-state index is 0.655. The van der Waals surface area contributed by atoms with Crippen molar-refractivity contribution in [2.24, 2.45) is 0 Å². The summed E-state index contributed by atoms with van der Waals surface area (Å²) in [6.07, 6.45) is 3.50. The van der Waals surface area contributed by atoms with Gasteiger partial charge < -0.3 is 14.8 Å². The first kappa shape index (κ1) is 15.1. The lowest BCUT2D eigenvalue weighted by molar-refractivity contribution is 0.354. The third-order valence-corrected chi connectivity index (χ3v) is 3.07. The fraction of sp³-hybridized carbons (Fsp3) is 0.375. The van der Waals surface area contributed by atoms with Gasteiger partial charge in [0.05, 0.1) is 14.2 Å². The number of methoxy groups -OCH3 is 2. The number of hydrogen-bond donors (Lipinski definition) is 1. The van der Waals surface area contributed by atoms with Crippen molar-refractivity contribution >= 4 is 5.82 Å². The topological polar surface area (TPSA) is 56.3 Å². The third-order valence-electron chi connectivity index (χ3n) is 3.07. The molecular weight excluding hydrogens is 266 g/mol. The molecule has 0 unspecified atom stereocenters. The van der Waals surface area contributed by atoms with Crippen LogP contribution in [0.4, 0.5) is 5.82 Å². The zero-order valence-electron chi connectivity index (χ0n) is 12.7. The van der Waals surface area contributed by atoms with Crippen LogP contribution in [0.5, 0.6) is 11.5 Å². The molecule has 0 radical (unpaired) electrons. The molecule has 0 atom stereocenters. The second kappa shape index (κ2) is 7.47. The van der Waals surface area contributed by atoms with E-state index >= 15 is 0 Å². The van der Waals surface area contributed by atoms with E-state index in [0.717, 1.165) is 41.7 Å². The Morgan fingerprint density at radius 1 is 1.10 bits per heavy atom. The van der Waals surface area contributed by atoms with Gasteiger partial charge in [0.2, 0.25) is 0 Å². The number of rotatable bonds is 7. The van der Waals surface area contributed by atoms with E-state index in [2.05, 4.69) is 22.2 Å². The molecule has 1 N–H and O–H groups in total. The summed E-state index contributed by atoms with van der Waals surface area (Å²) in [4.78, 5) is 8.83. The highest BCUT2D eigenvalue weighted by Gasteiger charge is 2.07. The van der Waals surface area contributed by atoms with Gasteiger partial charge in [-0.2, -0.15) is 0 Å². The summed E-state index contributed by atoms with van der Waals surface area (Å²) in [7, 11) is 3.26. The van der Waals surface area contributed by atoms with Crippen molar-refractivity contribution in [1.29, 1.82) is 0 Å². The third kappa shape index (κ3) is 4.08. The Morgan fingerprint density at radius 2 is 1.90 bits per heavy atom. The van der Waals surface area contributed by atoms with Crippen molar-refractivity contribution in [2.45, 2.75) is 19.8 Å². The van der Waals surface area contributed by atoms with Gasteiger partial charge in [0, 0.05) is 19.2 Å². The maximum Gasteiger partial charge on any atom is 0.161 e. The first-order chi connectivity index (χ1) is 10.3. The van der Waals surface area contributed by atoms with Crippen molar-refractivity contribution in [1.82, 2.24) is 9.97 Å². The molecule has 112 valence electrons. The molecule has 0 saturated carbocycles. The minimum atomic E-state index is 0.655. The van der Waals surface area contributed by atoms with E-state index in [0.29, 0.717) is 6.42 Å². The number of aromatic nitrogens is 2. The molecule has 0 aliphatic rings. The highest BCUT2D eigenvalue weighted by Crippen LogP contribution is 2.28. The Hall–Kier alpha value is -2.30. The zero-order valence-corrected chi connectivity index (χ0v) is 12.7. The Bertz CT molecular complexity index is 587. The SMILES string of the molecule is CCCNc1ccnc(Cc2ccc(OC)c(OC)c2)n1. The molecule has 21 heavy (non-hydrogen) atoms. The molecular formula is C16H21N3O2. The fourth-order valence-corrected chi connectivity index (χ4v) is 2.01. The standard InChI is InChI=1S/C16H21N3O2/c1-4-8-17-15-7-9-18-16(19-15)11-12-5-6-13(20-2)14(10-12)21-3/h5-7,9-10H,4,8,11H2,1-3H3,(H,17,18,19). The molecule has 0 spiro atoms. The van der Waals surface area contributed by atoms with E-state index in [-0.39, 0.29) is 0 Å². The molecule has 0 amide bonds. The van der Waals surface area contributed by atoms with Gasteiger partial charge in [0.1, 0.15) is 11.6 Å². The first-order valence-electron chi connectivity index (χ1n) is 7.03. The number of ether oxygens (including phenoxy) is 2. The number of nitrogens with one attached hydrogen (secondary N) is 1. The molecule has 5 heteroatoms. The van der Waals surface area contributed by atoms with Crippen LogP contribution < -0.4 is 14.8 Å². The largest absolute Gasteiger partial charge is 0.493 e. The highest BCUT2D eigenvalue weighted by atomic mass is 16.5. The molecule has 0 saturated heterocycles. The summed E-state index contributed by atoms with van der Waals surface area (Å²) in [6.45, 7) is 3.03. The Kier molecular flexibility index (Phi) is 5.37. The summed E-state index contributed by atoms with van der Waals surface area (Å²) in [5, 5.41) is 3.27. The van der Waals surface area contributed by atoms with E-state index in [1.54, 1.807) is 20.4 Å². The second-order valence-electron chi connectivity index (χ2n) is 4.65. The molecule has 1 aromatic heterocycles. The molecule has 0 bridgehead atoms. The van der Waals surface area contributed by atoms with Gasteiger partial charge in [0.15, 0.2) is 11.5 Å². The van der Waals surface area contributed by atoms with Gasteiger partial charge in [-0.15, -0.1) is 0 Å². The van der Waals surface area contributed by atoms with Crippen LogP contribution in [0.1, 0.15) is 24.7 Å². The normalized spacial score (nSPS) is 10.2. The Morgan fingerprint density at radius 3 is 2.62 bits per heavy atom. The van der Waals surface area contributed by atoms with Gasteiger partial charge in [-0.05, 0) is 30.2 Å². The Balaban J connectivity index is 2.14. The monoisotopic (exact) mass is 287 g/mol. The van der Waals surface area contributed by atoms with Gasteiger partial charge in [-0.1, -0.05) is 13.0 Å². The van der Waals surface area contributed by atoms with Crippen molar-refractivity contribution in [3.8, 4) is 11.5 Å². The fourth-order valence-electron chi connectivity index (χ4n) is 2.01. The van der Waals surface area contributed by atoms with E-state index in [9.17, 15) is 0 Å². The van der Waals surface area contributed by atoms with Crippen LogP contribution in [0, 0.1) is 0 Å². The van der Waals surface area contributed by atoms with Crippen molar-refractivity contribution in [3.63, 3.8) is 0 Å². The van der Waals surface area contributed by atoms with Crippen LogP contribution in [-0.4, -0.2) is 30.7 Å². The minimum Gasteiger partial charge on any atom is -0.493 e. The Labute approximate surface area is 125 Å². The highest BCUT2D eigenvalue weighted by molar-refractivity contribution is 5.43. The molecule has 0 aliphatic heterocycles. The first-order valence-corrected chi connectivity index (χ1v) is 7.03. The molecule has 0 aliphatic carbocycles. The predicted octanol–water partition coefficient (Wildman–Crippen LogP) is 2.91. The summed E-state index contributed by atoms with van der Waals surface area (Å²) < 4.78 is 10.6. The molecule has 2 aromatic rings. The lowest BCUT2D eigenvalue weighted by atomic mass is 10.1. The number of hydrogen-bond acceptors (Lipinski definition) is 5. The van der Waals surface area contributed by atoms with Crippen LogP contribution in [0.3, 0.4) is 0 Å². The second-order valence-corrected chi connectivity index (χ2v) is 4.65. The molecule has 5 nitrogen and oxygen atoms in total. The number of nitrogens with zero attached hydrogens (tertiary/aromatic N) is 2. The van der Waals surface area contributed by atoms with Gasteiger partial charge in [-0.3, -0.25) is 0 Å². The maximum absolute atomic E-state index is 5.31. The van der Waals surface area contributed by atoms with Gasteiger partial charge in [0.25, 0.3) is 0 Å². The summed E-state index contributed by atoms with van der Waals surface area (Å²) >= 11 is 0. The smallest absolute Gasteiger partial charge is 0.161 e. The number of benzene rings is 1. The van der Waals surface area contributed by atoms with E-state index in [1.165, 1.54) is 0 Å². The molecule has 0 fully saturated rings. The average Bonchev–Trinajstić information content (AvgIpc) is 2.53. The average molecular weight is 287 g/mol. The van der Waals surface area contributed by atoms with Crippen molar-refractivity contribution in [3.05, 3.63) is 41.9 Å². The van der Waals surface area contributed by atoms with Crippen LogP contribution in [0.15, 0.2) is 30.5 Å². The summed E-state index contributed by atoms with van der Waals surface area (Å²) in [6, 6.07) is 7.73. The van der Waals surface area contributed by atoms with E-state index in [1.807, 2.05) is 24.3 Å². The number of anilines is 1. The molecule has 1 heterocycles. The maximum atomic E-state index is 5.31. The lowest BCUT2D eigenvalue weighted by Gasteiger charge is -2.10. The summed E-state index contributed by atoms with van der Waals surface area (Å²) in [5.41, 5.74) is 1.08. The van der Waals surface area contributed by atoms with Crippen LogP contribution in [-0.2, 0) is 6.42 Å². The zero-order chi connectivity index (χ0) is 15.1. The van der Waals surface area contributed by atoms with Crippen molar-refractivity contribution in [2.75, 3.05) is 26.1 Å². The van der Waals surface area contributed by atoms with Gasteiger partial charge in [-0.25, -0.2) is 9.97 Å². The molecule has 2 rings (SSSR count). The quantitative estimate of drug-likeness (QED) is 0.848. The lowest BCUT2D eigenvalue weighted by Crippen LogP contribution is -2.05. The van der Waals surface area contributed by atoms with Crippen LogP contribution >= 0.6 is 0 Å². The predicted molar refractivity (Wildman–Crippen MR) is 83.2 cm³/mol. The van der Waals surface area contributed by atoms with Crippen LogP contribution in [0.2, 0.25) is 0 Å². The summed E-state index contributed by atoms with van der Waals surface area (Å²) in [5.74, 6) is 3.08. The molecule has 1 aromatic carbocycles. The van der Waals surface area contributed by atoms with Crippen molar-refractivity contribution < 1.29 is 9.47 Å². The van der Waals surface area contributed by atoms with E-state index in [4.69, 9.17) is 9.47 Å². The van der Waals surface area contributed by atoms with Gasteiger partial charge >= 0.3 is 0 Å².